The minimum absolute atomic E-state index is 0.339. The van der Waals surface area contributed by atoms with E-state index >= 15 is 0 Å². The highest BCUT2D eigenvalue weighted by atomic mass is 16.3. The third-order valence-corrected chi connectivity index (χ3v) is 10.0. The molecule has 0 bridgehead atoms. The van der Waals surface area contributed by atoms with Crippen molar-refractivity contribution < 1.29 is 5.11 Å². The Morgan fingerprint density at radius 1 is 1.03 bits per heavy atom. The van der Waals surface area contributed by atoms with Gasteiger partial charge in [0.25, 0.3) is 0 Å². The van der Waals surface area contributed by atoms with Crippen LogP contribution in [0.15, 0.2) is 34.9 Å². The molecule has 162 valence electrons. The van der Waals surface area contributed by atoms with Crippen molar-refractivity contribution >= 4 is 0 Å². The van der Waals surface area contributed by atoms with Crippen LogP contribution in [-0.4, -0.2) is 11.7 Å². The molecule has 0 radical (unpaired) electrons. The molecule has 4 rings (SSSR count). The van der Waals surface area contributed by atoms with Gasteiger partial charge < -0.3 is 5.11 Å². The summed E-state index contributed by atoms with van der Waals surface area (Å²) in [4.78, 5) is 0. The number of fused-ring (bicyclic) bond motifs is 5. The van der Waals surface area contributed by atoms with E-state index in [-0.39, 0.29) is 0 Å². The van der Waals surface area contributed by atoms with Crippen molar-refractivity contribution in [2.24, 2.45) is 40.4 Å². The van der Waals surface area contributed by atoms with Crippen molar-refractivity contribution in [3.63, 3.8) is 0 Å². The molecule has 3 saturated carbocycles. The summed E-state index contributed by atoms with van der Waals surface area (Å²) in [6.45, 7) is 12.5. The van der Waals surface area contributed by atoms with E-state index < -0.39 is 0 Å². The predicted molar refractivity (Wildman–Crippen MR) is 124 cm³/mol. The van der Waals surface area contributed by atoms with Crippen molar-refractivity contribution in [2.45, 2.75) is 92.4 Å². The molecule has 29 heavy (non-hydrogen) atoms. The SMILES string of the molecule is CC(C)=CCC/C(C)=C1/CCC2(C)C1CCC1C2CCC2C(CO)C=CCC21C. The van der Waals surface area contributed by atoms with E-state index in [2.05, 4.69) is 52.8 Å². The highest BCUT2D eigenvalue weighted by Crippen LogP contribution is 2.68. The lowest BCUT2D eigenvalue weighted by Gasteiger charge is -2.61. The Labute approximate surface area is 179 Å². The van der Waals surface area contributed by atoms with Gasteiger partial charge in [-0.25, -0.2) is 0 Å². The Hall–Kier alpha value is -0.820. The minimum Gasteiger partial charge on any atom is -0.396 e. The first-order chi connectivity index (χ1) is 13.8. The molecule has 0 saturated heterocycles. The quantitative estimate of drug-likeness (QED) is 0.488. The summed E-state index contributed by atoms with van der Waals surface area (Å²) in [5.74, 6) is 3.67. The van der Waals surface area contributed by atoms with Gasteiger partial charge in [0, 0.05) is 12.5 Å². The third kappa shape index (κ3) is 3.50. The van der Waals surface area contributed by atoms with Crippen LogP contribution in [0.2, 0.25) is 0 Å². The monoisotopic (exact) mass is 396 g/mol. The molecular weight excluding hydrogens is 352 g/mol. The van der Waals surface area contributed by atoms with Gasteiger partial charge in [-0.1, -0.05) is 48.8 Å². The molecule has 7 unspecified atom stereocenters. The molecule has 0 spiro atoms. The van der Waals surface area contributed by atoms with E-state index in [1.165, 1.54) is 63.4 Å². The molecule has 0 amide bonds. The molecule has 3 fully saturated rings. The Morgan fingerprint density at radius 2 is 1.72 bits per heavy atom. The number of aliphatic hydroxyl groups is 1. The molecule has 1 heteroatoms. The average Bonchev–Trinajstić information content (AvgIpc) is 3.04. The number of rotatable bonds is 4. The van der Waals surface area contributed by atoms with Crippen LogP contribution in [0, 0.1) is 40.4 Å². The van der Waals surface area contributed by atoms with Gasteiger partial charge in [0.15, 0.2) is 0 Å². The molecule has 1 nitrogen and oxygen atoms in total. The Balaban J connectivity index is 1.57. The maximum atomic E-state index is 9.98. The highest BCUT2D eigenvalue weighted by Gasteiger charge is 2.60. The minimum atomic E-state index is 0.339. The topological polar surface area (TPSA) is 20.2 Å². The third-order valence-electron chi connectivity index (χ3n) is 10.0. The molecule has 4 aliphatic rings. The maximum Gasteiger partial charge on any atom is 0.0496 e. The van der Waals surface area contributed by atoms with Crippen LogP contribution in [-0.2, 0) is 0 Å². The zero-order chi connectivity index (χ0) is 20.8. The molecule has 0 aromatic heterocycles. The first kappa shape index (κ1) is 21.4. The lowest BCUT2D eigenvalue weighted by molar-refractivity contribution is -0.113. The predicted octanol–water partition coefficient (Wildman–Crippen LogP) is 7.48. The second-order valence-corrected chi connectivity index (χ2v) is 11.6. The van der Waals surface area contributed by atoms with Crippen molar-refractivity contribution in [3.05, 3.63) is 34.9 Å². The fourth-order valence-electron chi connectivity index (χ4n) is 8.46. The summed E-state index contributed by atoms with van der Waals surface area (Å²) < 4.78 is 0. The molecule has 0 heterocycles. The number of hydrogen-bond donors (Lipinski definition) is 1. The molecule has 4 aliphatic carbocycles. The van der Waals surface area contributed by atoms with Gasteiger partial charge in [-0.15, -0.1) is 0 Å². The molecule has 1 N–H and O–H groups in total. The lowest BCUT2D eigenvalue weighted by Crippen LogP contribution is -2.54. The summed E-state index contributed by atoms with van der Waals surface area (Å²) in [5, 5.41) is 9.98. The van der Waals surface area contributed by atoms with Gasteiger partial charge in [0.05, 0.1) is 0 Å². The fraction of sp³-hybridized carbons (Fsp3) is 0.786. The van der Waals surface area contributed by atoms with Crippen LogP contribution in [0.5, 0.6) is 0 Å². The first-order valence-corrected chi connectivity index (χ1v) is 12.4. The summed E-state index contributed by atoms with van der Waals surface area (Å²) in [6.07, 6.45) is 19.1. The Morgan fingerprint density at radius 3 is 2.45 bits per heavy atom. The van der Waals surface area contributed by atoms with Gasteiger partial charge >= 0.3 is 0 Å². The van der Waals surface area contributed by atoms with Crippen LogP contribution in [0.25, 0.3) is 0 Å². The van der Waals surface area contributed by atoms with E-state index in [1.807, 2.05) is 5.57 Å². The van der Waals surface area contributed by atoms with Crippen LogP contribution in [0.3, 0.4) is 0 Å². The molecule has 0 aromatic carbocycles. The van der Waals surface area contributed by atoms with Gasteiger partial charge in [-0.3, -0.25) is 0 Å². The molecule has 0 aromatic rings. The van der Waals surface area contributed by atoms with E-state index in [0.29, 0.717) is 29.3 Å². The molecule has 7 atom stereocenters. The standard InChI is InChI=1S/C28H44O/c1-19(2)8-6-9-20(3)22-15-17-28(5)24(22)12-14-25-26(28)13-11-23-21(18-29)10-7-16-27(23,25)4/h7-8,10,21,23-26,29H,6,9,11-18H2,1-5H3/b22-20-. The van der Waals surface area contributed by atoms with Crippen molar-refractivity contribution in [1.82, 2.24) is 0 Å². The van der Waals surface area contributed by atoms with Crippen LogP contribution >= 0.6 is 0 Å². The zero-order valence-electron chi connectivity index (χ0n) is 19.6. The summed E-state index contributed by atoms with van der Waals surface area (Å²) in [6, 6.07) is 0. The van der Waals surface area contributed by atoms with Gasteiger partial charge in [0.2, 0.25) is 0 Å². The van der Waals surface area contributed by atoms with Gasteiger partial charge in [-0.2, -0.15) is 0 Å². The van der Waals surface area contributed by atoms with Crippen molar-refractivity contribution in [3.8, 4) is 0 Å². The molecule has 0 aliphatic heterocycles. The molecular formula is C28H44O. The average molecular weight is 397 g/mol. The Kier molecular flexibility index (Phi) is 5.93. The van der Waals surface area contributed by atoms with E-state index in [0.717, 1.165) is 17.8 Å². The second kappa shape index (κ2) is 8.03. The number of hydrogen-bond acceptors (Lipinski definition) is 1. The Bertz CT molecular complexity index is 708. The lowest BCUT2D eigenvalue weighted by atomic mass is 9.43. The summed E-state index contributed by atoms with van der Waals surface area (Å²) >= 11 is 0. The maximum absolute atomic E-state index is 9.98. The summed E-state index contributed by atoms with van der Waals surface area (Å²) in [7, 11) is 0. The van der Waals surface area contributed by atoms with E-state index in [4.69, 9.17) is 0 Å². The smallest absolute Gasteiger partial charge is 0.0496 e. The van der Waals surface area contributed by atoms with Crippen molar-refractivity contribution in [2.75, 3.05) is 6.61 Å². The largest absolute Gasteiger partial charge is 0.396 e. The van der Waals surface area contributed by atoms with Crippen LogP contribution < -0.4 is 0 Å². The fourth-order valence-corrected chi connectivity index (χ4v) is 8.46. The van der Waals surface area contributed by atoms with Gasteiger partial charge in [-0.05, 0) is 113 Å². The summed E-state index contributed by atoms with van der Waals surface area (Å²) in [5.41, 5.74) is 5.92. The second-order valence-electron chi connectivity index (χ2n) is 11.6. The number of allylic oxidation sites excluding steroid dienone is 5. The van der Waals surface area contributed by atoms with Crippen LogP contribution in [0.1, 0.15) is 92.4 Å². The first-order valence-electron chi connectivity index (χ1n) is 12.4. The van der Waals surface area contributed by atoms with E-state index in [1.54, 1.807) is 5.57 Å². The van der Waals surface area contributed by atoms with Crippen molar-refractivity contribution in [1.29, 1.82) is 0 Å². The van der Waals surface area contributed by atoms with Crippen LogP contribution in [0.4, 0.5) is 0 Å². The number of aliphatic hydroxyl groups excluding tert-OH is 1. The zero-order valence-corrected chi connectivity index (χ0v) is 19.6. The highest BCUT2D eigenvalue weighted by molar-refractivity contribution is 5.27. The normalized spacial score (nSPS) is 45.2. The van der Waals surface area contributed by atoms with E-state index in [9.17, 15) is 5.11 Å². The van der Waals surface area contributed by atoms with Gasteiger partial charge in [0.1, 0.15) is 0 Å².